The van der Waals surface area contributed by atoms with Gasteiger partial charge < -0.3 is 19.5 Å². The normalized spacial score (nSPS) is 14.6. The average Bonchev–Trinajstić information content (AvgIpc) is 3.10. The molecule has 1 aliphatic heterocycles. The number of amides is 1. The lowest BCUT2D eigenvalue weighted by Gasteiger charge is -2.31. The lowest BCUT2D eigenvalue weighted by molar-refractivity contribution is -0.902. The largest absolute Gasteiger partial charge is 0.462 e. The second-order valence-corrected chi connectivity index (χ2v) is 7.69. The molecule has 1 aromatic carbocycles. The summed E-state index contributed by atoms with van der Waals surface area (Å²) in [7, 11) is 0. The van der Waals surface area contributed by atoms with E-state index in [1.54, 1.807) is 18.7 Å². The third-order valence-corrected chi connectivity index (χ3v) is 5.69. The summed E-state index contributed by atoms with van der Waals surface area (Å²) in [5.74, 6) is -1.66. The highest BCUT2D eigenvalue weighted by Crippen LogP contribution is 2.32. The van der Waals surface area contributed by atoms with Crippen LogP contribution in [0.15, 0.2) is 24.3 Å². The smallest absolute Gasteiger partial charge is 0.340 e. The Hall–Kier alpha value is -2.93. The van der Waals surface area contributed by atoms with Gasteiger partial charge in [-0.3, -0.25) is 9.59 Å². The monoisotopic (exact) mass is 412 g/mol. The fourth-order valence-electron chi connectivity index (χ4n) is 3.89. The second-order valence-electron chi connectivity index (χ2n) is 7.69. The van der Waals surface area contributed by atoms with Crippen molar-refractivity contribution in [3.63, 3.8) is 0 Å². The first-order valence-electron chi connectivity index (χ1n) is 10.5. The van der Waals surface area contributed by atoms with Crippen LogP contribution in [0.25, 0.3) is 11.1 Å². The van der Waals surface area contributed by atoms with Crippen LogP contribution in [0, 0.1) is 13.8 Å². The molecule has 0 atom stereocenters. The molecular formula is C23H30N3O4+. The van der Waals surface area contributed by atoms with E-state index in [-0.39, 0.29) is 12.3 Å². The molecule has 2 aromatic rings. The highest BCUT2D eigenvalue weighted by atomic mass is 16.5. The van der Waals surface area contributed by atoms with Crippen LogP contribution in [-0.4, -0.2) is 66.9 Å². The van der Waals surface area contributed by atoms with Crippen LogP contribution in [0.3, 0.4) is 0 Å². The first-order valence-corrected chi connectivity index (χ1v) is 10.5. The van der Waals surface area contributed by atoms with E-state index < -0.39 is 17.7 Å². The number of H-pyrrole nitrogens is 1. The van der Waals surface area contributed by atoms with Gasteiger partial charge in [-0.15, -0.1) is 0 Å². The van der Waals surface area contributed by atoms with Crippen molar-refractivity contribution in [2.75, 3.05) is 39.3 Å². The van der Waals surface area contributed by atoms with E-state index in [0.29, 0.717) is 35.5 Å². The molecule has 1 aromatic heterocycles. The Morgan fingerprint density at radius 1 is 1.07 bits per heavy atom. The number of quaternary nitrogens is 1. The van der Waals surface area contributed by atoms with Gasteiger partial charge in [0.2, 0.25) is 0 Å². The van der Waals surface area contributed by atoms with E-state index in [2.05, 4.69) is 11.9 Å². The number of esters is 1. The maximum atomic E-state index is 13.2. The zero-order valence-electron chi connectivity index (χ0n) is 18.1. The van der Waals surface area contributed by atoms with Gasteiger partial charge >= 0.3 is 5.97 Å². The number of carbonyl (C=O) groups excluding carboxylic acids is 3. The molecule has 2 heterocycles. The van der Waals surface area contributed by atoms with Crippen molar-refractivity contribution in [2.24, 2.45) is 0 Å². The molecule has 2 N–H and O–H groups in total. The maximum absolute atomic E-state index is 13.2. The number of nitrogens with zero attached hydrogens (tertiary/aromatic N) is 1. The zero-order valence-corrected chi connectivity index (χ0v) is 18.1. The summed E-state index contributed by atoms with van der Waals surface area (Å²) in [5, 5.41) is 0. The minimum atomic E-state index is -0.621. The van der Waals surface area contributed by atoms with Crippen molar-refractivity contribution >= 4 is 17.7 Å². The van der Waals surface area contributed by atoms with Crippen LogP contribution in [0.5, 0.6) is 0 Å². The number of ether oxygens (including phenoxy) is 1. The minimum Gasteiger partial charge on any atom is -0.462 e. The quantitative estimate of drug-likeness (QED) is 0.427. The lowest BCUT2D eigenvalue weighted by atomic mass is 9.97. The number of aryl methyl sites for hydroxylation is 2. The fourth-order valence-corrected chi connectivity index (χ4v) is 3.89. The van der Waals surface area contributed by atoms with Crippen LogP contribution in [0.2, 0.25) is 0 Å². The number of piperazine rings is 1. The van der Waals surface area contributed by atoms with Crippen LogP contribution >= 0.6 is 0 Å². The predicted molar refractivity (Wildman–Crippen MR) is 114 cm³/mol. The molecule has 1 amide bonds. The summed E-state index contributed by atoms with van der Waals surface area (Å²) < 4.78 is 5.22. The van der Waals surface area contributed by atoms with Crippen molar-refractivity contribution in [1.29, 1.82) is 0 Å². The number of carbonyl (C=O) groups is 3. The minimum absolute atomic E-state index is 0.148. The van der Waals surface area contributed by atoms with Crippen molar-refractivity contribution in [2.45, 2.75) is 27.7 Å². The average molecular weight is 413 g/mol. The van der Waals surface area contributed by atoms with Gasteiger partial charge in [-0.1, -0.05) is 29.8 Å². The molecular weight excluding hydrogens is 382 g/mol. The first kappa shape index (κ1) is 21.8. The number of likely N-dealkylation sites (N-methyl/N-ethyl adjacent to an activating group) is 1. The van der Waals surface area contributed by atoms with Gasteiger partial charge in [-0.05, 0) is 33.3 Å². The van der Waals surface area contributed by atoms with E-state index in [9.17, 15) is 14.4 Å². The lowest BCUT2D eigenvalue weighted by Crippen LogP contribution is -3.14. The molecule has 160 valence electrons. The summed E-state index contributed by atoms with van der Waals surface area (Å²) in [4.78, 5) is 44.9. The van der Waals surface area contributed by atoms with Crippen LogP contribution in [-0.2, 0) is 9.53 Å². The molecule has 0 radical (unpaired) electrons. The first-order chi connectivity index (χ1) is 14.4. The fraction of sp³-hybridized carbons (Fsp3) is 0.435. The Kier molecular flexibility index (Phi) is 6.72. The molecule has 0 unspecified atom stereocenters. The van der Waals surface area contributed by atoms with Crippen molar-refractivity contribution in [3.05, 3.63) is 46.8 Å². The number of aromatic nitrogens is 1. The third kappa shape index (κ3) is 4.31. The molecule has 7 heteroatoms. The van der Waals surface area contributed by atoms with Crippen LogP contribution in [0.4, 0.5) is 0 Å². The van der Waals surface area contributed by atoms with Gasteiger partial charge in [0.05, 0.1) is 44.9 Å². The Labute approximate surface area is 177 Å². The molecule has 0 aliphatic carbocycles. The van der Waals surface area contributed by atoms with E-state index in [1.165, 1.54) is 4.90 Å². The number of benzene rings is 1. The Balaban J connectivity index is 2.00. The van der Waals surface area contributed by atoms with E-state index in [4.69, 9.17) is 4.74 Å². The molecule has 1 fully saturated rings. The summed E-state index contributed by atoms with van der Waals surface area (Å²) in [5.41, 5.74) is 3.16. The van der Waals surface area contributed by atoms with Gasteiger partial charge in [0, 0.05) is 11.3 Å². The zero-order chi connectivity index (χ0) is 21.8. The van der Waals surface area contributed by atoms with Gasteiger partial charge in [0.15, 0.2) is 0 Å². The van der Waals surface area contributed by atoms with Crippen LogP contribution in [0.1, 0.15) is 46.0 Å². The van der Waals surface area contributed by atoms with E-state index in [0.717, 1.165) is 25.2 Å². The Bertz CT molecular complexity index is 938. The summed E-state index contributed by atoms with van der Waals surface area (Å²) in [6, 6.07) is 7.53. The molecule has 1 saturated heterocycles. The molecule has 3 rings (SSSR count). The molecule has 7 nitrogen and oxygen atoms in total. The van der Waals surface area contributed by atoms with Crippen molar-refractivity contribution < 1.29 is 24.0 Å². The van der Waals surface area contributed by atoms with Gasteiger partial charge in [-0.2, -0.15) is 0 Å². The number of aromatic amines is 1. The number of hydrogen-bond acceptors (Lipinski definition) is 4. The second kappa shape index (κ2) is 9.26. The summed E-state index contributed by atoms with van der Waals surface area (Å²) >= 11 is 0. The molecule has 0 spiro atoms. The van der Waals surface area contributed by atoms with Gasteiger partial charge in [-0.25, -0.2) is 4.79 Å². The number of Topliss-reactive ketones (excluding diaryl/α,β-unsaturated/α-hetero) is 1. The predicted octanol–water partition coefficient (Wildman–Crippen LogP) is 1.40. The number of nitrogens with one attached hydrogen (secondary N) is 2. The standard InChI is InChI=1S/C23H29N3O4/c1-5-25-11-13-26(14-12-25)22(28)21(27)20-19(17-9-7-15(3)8-10-17)18(16(4)24-20)23(29)30-6-2/h7-10,24H,5-6,11-14H2,1-4H3/p+1. The summed E-state index contributed by atoms with van der Waals surface area (Å²) in [6.45, 7) is 11.5. The van der Waals surface area contributed by atoms with E-state index >= 15 is 0 Å². The van der Waals surface area contributed by atoms with Gasteiger partial charge in [0.1, 0.15) is 5.69 Å². The maximum Gasteiger partial charge on any atom is 0.340 e. The van der Waals surface area contributed by atoms with E-state index in [1.807, 2.05) is 31.2 Å². The molecule has 1 aliphatic rings. The topological polar surface area (TPSA) is 83.9 Å². The molecule has 0 saturated carbocycles. The number of hydrogen-bond donors (Lipinski definition) is 2. The molecule has 0 bridgehead atoms. The third-order valence-electron chi connectivity index (χ3n) is 5.69. The van der Waals surface area contributed by atoms with Crippen molar-refractivity contribution in [1.82, 2.24) is 9.88 Å². The number of ketones is 1. The van der Waals surface area contributed by atoms with Gasteiger partial charge in [0.25, 0.3) is 11.7 Å². The highest BCUT2D eigenvalue weighted by Gasteiger charge is 2.33. The Morgan fingerprint density at radius 3 is 2.27 bits per heavy atom. The molecule has 30 heavy (non-hydrogen) atoms. The number of rotatable bonds is 6. The SMILES string of the molecule is CCOC(=O)c1c(C)[nH]c(C(=O)C(=O)N2CC[NH+](CC)CC2)c1-c1ccc(C)cc1. The Morgan fingerprint density at radius 2 is 1.70 bits per heavy atom. The van der Waals surface area contributed by atoms with Crippen molar-refractivity contribution in [3.8, 4) is 11.1 Å². The summed E-state index contributed by atoms with van der Waals surface area (Å²) in [6.07, 6.45) is 0. The highest BCUT2D eigenvalue weighted by molar-refractivity contribution is 6.43. The van der Waals surface area contributed by atoms with Crippen LogP contribution < -0.4 is 4.90 Å².